The van der Waals surface area contributed by atoms with E-state index >= 15 is 0 Å². The summed E-state index contributed by atoms with van der Waals surface area (Å²) in [6.07, 6.45) is -0.851. The molecule has 2 fully saturated rings. The number of rotatable bonds is 3. The Kier molecular flexibility index (Phi) is 5.47. The quantitative estimate of drug-likeness (QED) is 0.270. The van der Waals surface area contributed by atoms with Crippen LogP contribution < -0.4 is 22.9 Å². The summed E-state index contributed by atoms with van der Waals surface area (Å²) < 4.78 is 14.4. The number of nitrogens with two attached hydrogens (primary N) is 4. The number of phenolic OH excluding ortho intramolecular Hbond substituents is 1. The number of nitriles is 1. The van der Waals surface area contributed by atoms with Crippen LogP contribution in [0, 0.1) is 34.4 Å². The molecule has 13 heteroatoms. The molecule has 2 unspecified atom stereocenters. The van der Waals surface area contributed by atoms with E-state index in [1.807, 2.05) is 0 Å². The summed E-state index contributed by atoms with van der Waals surface area (Å²) in [5.41, 5.74) is 17.1. The van der Waals surface area contributed by atoms with Crippen molar-refractivity contribution >= 4 is 29.0 Å². The molecule has 0 saturated heterocycles. The molecule has 0 radical (unpaired) electrons. The molecule has 2 saturated carbocycles. The second-order valence-corrected chi connectivity index (χ2v) is 10.0. The number of benzene rings is 1. The third-order valence-electron chi connectivity index (χ3n) is 7.86. The third-order valence-corrected chi connectivity index (χ3v) is 7.86. The van der Waals surface area contributed by atoms with Gasteiger partial charge in [-0.15, -0.1) is 0 Å². The van der Waals surface area contributed by atoms with Crippen molar-refractivity contribution in [1.29, 1.82) is 5.26 Å². The monoisotopic (exact) mass is 500 g/mol. The zero-order chi connectivity index (χ0) is 27.1. The molecular weight excluding hydrogens is 475 g/mol. The number of hydrogen-bond acceptors (Lipinski definition) is 11. The van der Waals surface area contributed by atoms with Gasteiger partial charge in [-0.05, 0) is 44.1 Å². The predicted molar refractivity (Wildman–Crippen MR) is 119 cm³/mol. The molecule has 3 aliphatic carbocycles. The Bertz CT molecular complexity index is 1320. The van der Waals surface area contributed by atoms with E-state index in [-0.39, 0.29) is 24.1 Å². The Morgan fingerprint density at radius 1 is 1.25 bits per heavy atom. The van der Waals surface area contributed by atoms with Gasteiger partial charge in [-0.2, -0.15) is 5.26 Å². The topological polar surface area (TPSA) is 237 Å². The van der Waals surface area contributed by atoms with Gasteiger partial charge in [0.2, 0.25) is 5.91 Å². The molecule has 9 N–H and O–H groups in total. The summed E-state index contributed by atoms with van der Waals surface area (Å²) in [6, 6.07) is 1.04. The van der Waals surface area contributed by atoms with Gasteiger partial charge in [-0.3, -0.25) is 28.9 Å². The second kappa shape index (κ2) is 7.71. The van der Waals surface area contributed by atoms with Crippen LogP contribution in [-0.2, 0) is 32.1 Å². The molecule has 6 atom stereocenters. The Morgan fingerprint density at radius 3 is 2.36 bits per heavy atom. The summed E-state index contributed by atoms with van der Waals surface area (Å²) in [4.78, 5) is 68.0. The molecule has 190 valence electrons. The first kappa shape index (κ1) is 25.5. The fraction of sp³-hybridized carbons (Fsp3) is 0.478. The van der Waals surface area contributed by atoms with Gasteiger partial charge >= 0.3 is 0 Å². The van der Waals surface area contributed by atoms with Gasteiger partial charge < -0.3 is 28.0 Å². The largest absolute Gasteiger partial charge is 0.504 e. The predicted octanol–water partition coefficient (Wildman–Crippen LogP) is -2.59. The molecule has 1 amide bonds. The van der Waals surface area contributed by atoms with E-state index in [9.17, 15) is 38.7 Å². The summed E-state index contributed by atoms with van der Waals surface area (Å²) >= 11 is 0. The van der Waals surface area contributed by atoms with Crippen molar-refractivity contribution in [3.8, 4) is 11.8 Å². The van der Waals surface area contributed by atoms with Crippen LogP contribution in [0.2, 0.25) is 0 Å². The summed E-state index contributed by atoms with van der Waals surface area (Å²) in [5, 5.41) is 20.6. The van der Waals surface area contributed by atoms with Gasteiger partial charge in [-0.1, -0.05) is 0 Å². The number of Topliss-reactive ketones (excluding diaryl/α,β-unsaturated/α-hetero) is 4. The number of phenols is 1. The molecular formula is C23H25FN6O6. The fourth-order valence-corrected chi connectivity index (χ4v) is 6.49. The van der Waals surface area contributed by atoms with Crippen LogP contribution in [0.1, 0.15) is 27.9 Å². The molecule has 1 aromatic carbocycles. The first-order chi connectivity index (χ1) is 16.6. The average molecular weight is 500 g/mol. The number of carbonyl (C=O) groups excluding carboxylic acids is 5. The maximum atomic E-state index is 14.4. The van der Waals surface area contributed by atoms with Crippen molar-refractivity contribution in [2.45, 2.75) is 36.5 Å². The van der Waals surface area contributed by atoms with Crippen LogP contribution in [0.15, 0.2) is 6.07 Å². The highest BCUT2D eigenvalue weighted by atomic mass is 19.1. The maximum Gasteiger partial charge on any atom is 0.235 e. The summed E-state index contributed by atoms with van der Waals surface area (Å²) in [7, 11) is 2.81. The number of halogens is 1. The van der Waals surface area contributed by atoms with E-state index in [0.29, 0.717) is 0 Å². The number of primary amides is 1. The van der Waals surface area contributed by atoms with E-state index in [0.717, 1.165) is 6.07 Å². The number of aromatic hydroxyl groups is 1. The van der Waals surface area contributed by atoms with E-state index in [2.05, 4.69) is 0 Å². The molecule has 0 aromatic heterocycles. The number of hydrogen-bond donors (Lipinski definition) is 5. The van der Waals surface area contributed by atoms with Crippen LogP contribution in [0.4, 0.5) is 4.39 Å². The van der Waals surface area contributed by atoms with Crippen LogP contribution in [0.3, 0.4) is 0 Å². The lowest BCUT2D eigenvalue weighted by Gasteiger charge is -2.60. The zero-order valence-corrected chi connectivity index (χ0v) is 19.5. The lowest BCUT2D eigenvalue weighted by Crippen LogP contribution is -2.85. The fourth-order valence-electron chi connectivity index (χ4n) is 6.49. The summed E-state index contributed by atoms with van der Waals surface area (Å²) in [6.45, 7) is -0.227. The molecule has 0 heterocycles. The number of fused-ring (bicyclic) bond motifs is 3. The van der Waals surface area contributed by atoms with Crippen molar-refractivity contribution in [2.24, 2.45) is 40.2 Å². The number of nitrogens with zero attached hydrogens (tertiary/aromatic N) is 2. The van der Waals surface area contributed by atoms with Gasteiger partial charge in [0.15, 0.2) is 46.0 Å². The summed E-state index contributed by atoms with van der Waals surface area (Å²) in [5.74, 6) is -12.5. The normalized spacial score (nSPS) is 35.7. The van der Waals surface area contributed by atoms with E-state index < -0.39 is 87.0 Å². The lowest BCUT2D eigenvalue weighted by molar-refractivity contribution is -0.166. The van der Waals surface area contributed by atoms with Gasteiger partial charge in [0.25, 0.3) is 0 Å². The van der Waals surface area contributed by atoms with Crippen LogP contribution in [-0.4, -0.2) is 70.3 Å². The SMILES string of the molecule is CN(C)[C@@H]1C(=O)C(C(N)=O)C(=O)[C@@]2(C#N)C(=O)C3C(=O)c4c(O)c(F)cc(CN)c4C[C@@]3(N)C[C@@]12N. The van der Waals surface area contributed by atoms with E-state index in [1.54, 1.807) is 6.07 Å². The molecule has 0 bridgehead atoms. The minimum atomic E-state index is -2.85. The molecule has 36 heavy (non-hydrogen) atoms. The van der Waals surface area contributed by atoms with Crippen LogP contribution in [0.25, 0.3) is 0 Å². The first-order valence-electron chi connectivity index (χ1n) is 11.0. The highest BCUT2D eigenvalue weighted by molar-refractivity contribution is 6.33. The maximum absolute atomic E-state index is 14.4. The minimum Gasteiger partial charge on any atom is -0.504 e. The number of carbonyl (C=O) groups is 5. The average Bonchev–Trinajstić information content (AvgIpc) is 2.74. The smallest absolute Gasteiger partial charge is 0.235 e. The van der Waals surface area contributed by atoms with Crippen molar-refractivity contribution < 1.29 is 33.5 Å². The third kappa shape index (κ3) is 2.78. The molecule has 4 rings (SSSR count). The molecule has 12 nitrogen and oxygen atoms in total. The van der Waals surface area contributed by atoms with Crippen molar-refractivity contribution in [3.05, 3.63) is 28.6 Å². The highest BCUT2D eigenvalue weighted by Crippen LogP contribution is 2.56. The van der Waals surface area contributed by atoms with Gasteiger partial charge in [0, 0.05) is 12.1 Å². The number of likely N-dealkylation sites (N-methyl/N-ethyl adjacent to an activating group) is 1. The van der Waals surface area contributed by atoms with Gasteiger partial charge in [0.1, 0.15) is 5.92 Å². The Hall–Kier alpha value is -3.57. The Morgan fingerprint density at radius 2 is 1.86 bits per heavy atom. The van der Waals surface area contributed by atoms with E-state index in [4.69, 9.17) is 22.9 Å². The van der Waals surface area contributed by atoms with E-state index in [1.165, 1.54) is 19.0 Å². The molecule has 0 spiro atoms. The Balaban J connectivity index is 2.05. The van der Waals surface area contributed by atoms with Crippen molar-refractivity contribution in [2.75, 3.05) is 14.1 Å². The van der Waals surface area contributed by atoms with Gasteiger partial charge in [-0.25, -0.2) is 4.39 Å². The van der Waals surface area contributed by atoms with Gasteiger partial charge in [0.05, 0.1) is 23.2 Å². The lowest BCUT2D eigenvalue weighted by atomic mass is 9.42. The standard InChI is InChI=1S/C23H25FN6O6/c1-30(2)17-16(33)12(20(27)36)18(34)22(7-26)19(35)13-15(32)11-9(4-21(13,28)6-23(17,22)29)8(5-25)3-10(24)14(11)31/h3,12-13,17,31H,4-6,25,28-29H2,1-2H3,(H2,27,36)/t12?,13?,17-,21-,22+,23-/m1/s1. The van der Waals surface area contributed by atoms with Crippen LogP contribution in [0.5, 0.6) is 5.75 Å². The molecule has 0 aliphatic heterocycles. The second-order valence-electron chi connectivity index (χ2n) is 10.0. The zero-order valence-electron chi connectivity index (χ0n) is 19.5. The Labute approximate surface area is 204 Å². The molecule has 1 aromatic rings. The van der Waals surface area contributed by atoms with Crippen molar-refractivity contribution in [1.82, 2.24) is 4.90 Å². The number of amides is 1. The highest BCUT2D eigenvalue weighted by Gasteiger charge is 2.78. The first-order valence-corrected chi connectivity index (χ1v) is 11.0. The van der Waals surface area contributed by atoms with Crippen molar-refractivity contribution in [3.63, 3.8) is 0 Å². The molecule has 3 aliphatic rings. The minimum absolute atomic E-state index is 0.103. The number of ketones is 4. The van der Waals surface area contributed by atoms with Crippen LogP contribution >= 0.6 is 0 Å².